The maximum atomic E-state index is 12.3. The van der Waals surface area contributed by atoms with E-state index in [0.29, 0.717) is 35.7 Å². The second-order valence-electron chi connectivity index (χ2n) is 5.77. The predicted molar refractivity (Wildman–Crippen MR) is 96.5 cm³/mol. The van der Waals surface area contributed by atoms with Gasteiger partial charge in [0.15, 0.2) is 11.5 Å². The van der Waals surface area contributed by atoms with Gasteiger partial charge in [0, 0.05) is 18.0 Å². The monoisotopic (exact) mass is 342 g/mol. The van der Waals surface area contributed by atoms with Gasteiger partial charge in [-0.2, -0.15) is 0 Å². The Kier molecular flexibility index (Phi) is 4.44. The second-order valence-corrected chi connectivity index (χ2v) is 5.77. The Balaban J connectivity index is 2.30. The fraction of sp³-hybridized carbons (Fsp3) is 0.316. The summed E-state index contributed by atoms with van der Waals surface area (Å²) in [5, 5.41) is 0.966. The quantitative estimate of drug-likeness (QED) is 0.865. The number of rotatable bonds is 4. The molecule has 2 heterocycles. The van der Waals surface area contributed by atoms with Crippen molar-refractivity contribution in [2.24, 2.45) is 5.73 Å². The molecule has 0 atom stereocenters. The Morgan fingerprint density at radius 2 is 1.84 bits per heavy atom. The van der Waals surface area contributed by atoms with Crippen LogP contribution in [0.3, 0.4) is 0 Å². The number of carbonyl (C=O) groups is 1. The third-order valence-corrected chi connectivity index (χ3v) is 4.56. The lowest BCUT2D eigenvalue weighted by atomic mass is 10.0. The first kappa shape index (κ1) is 17.0. The third kappa shape index (κ3) is 2.63. The number of hydrogen-bond acceptors (Lipinski definition) is 5. The average Bonchev–Trinajstić information content (AvgIpc) is 2.93. The molecule has 1 aromatic carbocycles. The Bertz CT molecular complexity index is 906. The zero-order valence-electron chi connectivity index (χ0n) is 14.9. The smallest absolute Gasteiger partial charge is 0.340 e. The molecule has 0 spiro atoms. The first-order chi connectivity index (χ1) is 12.0. The maximum absolute atomic E-state index is 12.3. The van der Waals surface area contributed by atoms with Crippen LogP contribution in [0.2, 0.25) is 0 Å². The first-order valence-electron chi connectivity index (χ1n) is 8.08. The molecule has 0 radical (unpaired) electrons. The highest BCUT2D eigenvalue weighted by Crippen LogP contribution is 2.37. The van der Waals surface area contributed by atoms with E-state index in [4.69, 9.17) is 19.9 Å². The van der Waals surface area contributed by atoms with Gasteiger partial charge in [-0.1, -0.05) is 13.0 Å². The summed E-state index contributed by atoms with van der Waals surface area (Å²) in [6.45, 7) is 2.60. The van der Waals surface area contributed by atoms with Gasteiger partial charge in [-0.15, -0.1) is 0 Å². The Morgan fingerprint density at radius 3 is 2.44 bits per heavy atom. The summed E-state index contributed by atoms with van der Waals surface area (Å²) in [5.74, 6) is 0.881. The van der Waals surface area contributed by atoms with E-state index < -0.39 is 5.97 Å². The van der Waals surface area contributed by atoms with Crippen LogP contribution in [-0.2, 0) is 16.1 Å². The van der Waals surface area contributed by atoms with E-state index in [-0.39, 0.29) is 0 Å². The molecule has 0 bridgehead atoms. The van der Waals surface area contributed by atoms with Crippen molar-refractivity contribution in [2.45, 2.75) is 19.9 Å². The lowest BCUT2D eigenvalue weighted by Crippen LogP contribution is -2.14. The molecule has 3 rings (SSSR count). The molecule has 25 heavy (non-hydrogen) atoms. The van der Waals surface area contributed by atoms with Crippen LogP contribution < -0.4 is 15.2 Å². The molecule has 132 valence electrons. The minimum Gasteiger partial charge on any atom is -0.493 e. The molecule has 2 N–H and O–H groups in total. The summed E-state index contributed by atoms with van der Waals surface area (Å²) in [6.07, 6.45) is 2.72. The Labute approximate surface area is 146 Å². The van der Waals surface area contributed by atoms with E-state index in [1.165, 1.54) is 7.11 Å². The van der Waals surface area contributed by atoms with Gasteiger partial charge in [-0.25, -0.2) is 4.79 Å². The van der Waals surface area contributed by atoms with E-state index in [1.807, 2.05) is 31.2 Å². The van der Waals surface area contributed by atoms with Crippen LogP contribution in [0.15, 0.2) is 35.4 Å². The minimum absolute atomic E-state index is 0.417. The minimum atomic E-state index is -0.417. The summed E-state index contributed by atoms with van der Waals surface area (Å²) in [6, 6.07) is 5.79. The summed E-state index contributed by atoms with van der Waals surface area (Å²) in [4.78, 5) is 12.3. The van der Waals surface area contributed by atoms with Gasteiger partial charge < -0.3 is 24.5 Å². The largest absolute Gasteiger partial charge is 0.493 e. The van der Waals surface area contributed by atoms with Crippen LogP contribution in [0.4, 0.5) is 0 Å². The number of methoxy groups -OCH3 is 3. The Hall–Kier alpha value is -2.89. The normalized spacial score (nSPS) is 14.0. The van der Waals surface area contributed by atoms with Gasteiger partial charge in [0.05, 0.1) is 43.8 Å². The highest BCUT2D eigenvalue weighted by atomic mass is 16.5. The third-order valence-electron chi connectivity index (χ3n) is 4.56. The number of ether oxygens (including phenoxy) is 3. The van der Waals surface area contributed by atoms with Crippen molar-refractivity contribution in [1.82, 2.24) is 4.57 Å². The molecule has 1 aromatic heterocycles. The number of aromatic nitrogens is 1. The molecule has 0 unspecified atom stereocenters. The van der Waals surface area contributed by atoms with Gasteiger partial charge >= 0.3 is 5.97 Å². The summed E-state index contributed by atoms with van der Waals surface area (Å²) in [7, 11) is 4.57. The molecule has 0 saturated heterocycles. The van der Waals surface area contributed by atoms with Crippen molar-refractivity contribution in [3.8, 4) is 11.5 Å². The van der Waals surface area contributed by atoms with Crippen LogP contribution in [0.5, 0.6) is 11.5 Å². The zero-order chi connectivity index (χ0) is 18.1. The van der Waals surface area contributed by atoms with Gasteiger partial charge in [0.1, 0.15) is 0 Å². The van der Waals surface area contributed by atoms with Crippen molar-refractivity contribution >= 4 is 22.6 Å². The number of fused-ring (bicyclic) bond motifs is 3. The molecule has 6 heteroatoms. The highest BCUT2D eigenvalue weighted by molar-refractivity contribution is 6.02. The topological polar surface area (TPSA) is 75.7 Å². The van der Waals surface area contributed by atoms with E-state index in [0.717, 1.165) is 22.2 Å². The van der Waals surface area contributed by atoms with Crippen LogP contribution >= 0.6 is 0 Å². The van der Waals surface area contributed by atoms with Crippen LogP contribution in [0.25, 0.3) is 16.6 Å². The van der Waals surface area contributed by atoms with E-state index in [9.17, 15) is 4.79 Å². The maximum Gasteiger partial charge on any atom is 0.340 e. The zero-order valence-corrected chi connectivity index (χ0v) is 14.9. The van der Waals surface area contributed by atoms with Crippen LogP contribution in [0, 0.1) is 0 Å². The molecule has 0 amide bonds. The molecule has 6 nitrogen and oxygen atoms in total. The predicted octanol–water partition coefficient (Wildman–Crippen LogP) is 2.85. The fourth-order valence-electron chi connectivity index (χ4n) is 3.28. The van der Waals surface area contributed by atoms with Crippen molar-refractivity contribution in [3.05, 3.63) is 41.1 Å². The van der Waals surface area contributed by atoms with Gasteiger partial charge in [0.25, 0.3) is 0 Å². The van der Waals surface area contributed by atoms with Crippen molar-refractivity contribution < 1.29 is 19.0 Å². The molecule has 1 aliphatic heterocycles. The molecule has 0 fully saturated rings. The van der Waals surface area contributed by atoms with Gasteiger partial charge in [-0.3, -0.25) is 0 Å². The van der Waals surface area contributed by atoms with E-state index >= 15 is 0 Å². The Morgan fingerprint density at radius 1 is 1.16 bits per heavy atom. The van der Waals surface area contributed by atoms with Crippen molar-refractivity contribution in [2.75, 3.05) is 21.3 Å². The standard InChI is InChI=1S/C19H22N2O4/c1-5-11-6-7-21-13-10-16(24-3)15(23-2)9-12(13)8-14(21)18(20)17(11)19(22)25-4/h6,8-10H,5,7,20H2,1-4H3. The number of hydrogen-bond donors (Lipinski definition) is 1. The highest BCUT2D eigenvalue weighted by Gasteiger charge is 2.25. The molecular weight excluding hydrogens is 320 g/mol. The van der Waals surface area contributed by atoms with Crippen LogP contribution in [-0.4, -0.2) is 31.9 Å². The van der Waals surface area contributed by atoms with Crippen molar-refractivity contribution in [3.63, 3.8) is 0 Å². The second kappa shape index (κ2) is 6.55. The lowest BCUT2D eigenvalue weighted by molar-refractivity contribution is -0.135. The SMILES string of the molecule is CCC1=CCn2c(cc3cc(OC)c(OC)cc32)C(N)=C1C(=O)OC. The molecule has 0 saturated carbocycles. The number of benzene rings is 1. The van der Waals surface area contributed by atoms with Crippen molar-refractivity contribution in [1.29, 1.82) is 0 Å². The molecular formula is C19H22N2O4. The average molecular weight is 342 g/mol. The summed E-state index contributed by atoms with van der Waals surface area (Å²) in [5.41, 5.74) is 9.89. The van der Waals surface area contributed by atoms with Crippen LogP contribution in [0.1, 0.15) is 19.0 Å². The number of esters is 1. The van der Waals surface area contributed by atoms with E-state index in [1.54, 1.807) is 14.2 Å². The first-order valence-corrected chi connectivity index (χ1v) is 8.08. The fourth-order valence-corrected chi connectivity index (χ4v) is 3.28. The number of nitrogens with zero attached hydrogens (tertiary/aromatic N) is 1. The summed E-state index contributed by atoms with van der Waals surface area (Å²) >= 11 is 0. The number of nitrogens with two attached hydrogens (primary N) is 1. The number of allylic oxidation sites excluding steroid dienone is 1. The molecule has 2 aromatic rings. The van der Waals surface area contributed by atoms with E-state index in [2.05, 4.69) is 4.57 Å². The number of carbonyl (C=O) groups excluding carboxylic acids is 1. The molecule has 0 aliphatic carbocycles. The molecule has 1 aliphatic rings. The lowest BCUT2D eigenvalue weighted by Gasteiger charge is -2.11. The van der Waals surface area contributed by atoms with Gasteiger partial charge in [-0.05, 0) is 24.1 Å². The summed E-state index contributed by atoms with van der Waals surface area (Å²) < 4.78 is 17.8. The van der Waals surface area contributed by atoms with Gasteiger partial charge in [0.2, 0.25) is 0 Å².